The summed E-state index contributed by atoms with van der Waals surface area (Å²) in [4.78, 5) is 40.1. The maximum Gasteiger partial charge on any atom is 0.322 e. The normalized spacial score (nSPS) is 25.4. The molecule has 4 amide bonds. The van der Waals surface area contributed by atoms with Crippen LogP contribution >= 0.6 is 11.3 Å². The minimum absolute atomic E-state index is 0.0571. The molecule has 1 spiro atoms. The molecule has 6 nitrogen and oxygen atoms in total. The zero-order valence-electron chi connectivity index (χ0n) is 13.7. The topological polar surface area (TPSA) is 78.5 Å². The van der Waals surface area contributed by atoms with E-state index in [0.717, 1.165) is 17.7 Å². The average Bonchev–Trinajstić information content (AvgIpc) is 3.08. The molecule has 1 aliphatic carbocycles. The number of piperidine rings is 1. The van der Waals surface area contributed by atoms with Crippen LogP contribution in [-0.2, 0) is 17.6 Å². The van der Waals surface area contributed by atoms with Crippen LogP contribution < -0.4 is 10.6 Å². The number of rotatable bonds is 1. The Kier molecular flexibility index (Phi) is 3.63. The summed E-state index contributed by atoms with van der Waals surface area (Å²) in [7, 11) is 0. The van der Waals surface area contributed by atoms with E-state index in [9.17, 15) is 14.4 Å². The van der Waals surface area contributed by atoms with Crippen molar-refractivity contribution < 1.29 is 14.4 Å². The lowest BCUT2D eigenvalue weighted by atomic mass is 9.87. The molecule has 128 valence electrons. The fraction of sp³-hybridized carbons (Fsp3) is 0.588. The molecular weight excluding hydrogens is 326 g/mol. The second-order valence-electron chi connectivity index (χ2n) is 7.19. The summed E-state index contributed by atoms with van der Waals surface area (Å²) >= 11 is 1.62. The largest absolute Gasteiger partial charge is 0.338 e. The van der Waals surface area contributed by atoms with E-state index in [2.05, 4.69) is 23.6 Å². The number of imide groups is 1. The van der Waals surface area contributed by atoms with E-state index in [1.165, 1.54) is 16.9 Å². The lowest BCUT2D eigenvalue weighted by molar-refractivity contribution is -0.125. The van der Waals surface area contributed by atoms with Gasteiger partial charge < -0.3 is 10.2 Å². The molecule has 4 rings (SSSR count). The van der Waals surface area contributed by atoms with E-state index in [0.29, 0.717) is 31.8 Å². The van der Waals surface area contributed by atoms with Crippen molar-refractivity contribution in [2.24, 2.45) is 5.92 Å². The van der Waals surface area contributed by atoms with Gasteiger partial charge in [0.2, 0.25) is 0 Å². The molecule has 2 fully saturated rings. The van der Waals surface area contributed by atoms with Gasteiger partial charge in [-0.1, -0.05) is 6.92 Å². The van der Waals surface area contributed by atoms with Crippen molar-refractivity contribution in [3.63, 3.8) is 0 Å². The van der Waals surface area contributed by atoms with Gasteiger partial charge in [-0.25, -0.2) is 4.79 Å². The van der Waals surface area contributed by atoms with E-state index < -0.39 is 11.6 Å². The Hall–Kier alpha value is -1.89. The van der Waals surface area contributed by atoms with E-state index >= 15 is 0 Å². The molecule has 7 heteroatoms. The van der Waals surface area contributed by atoms with Gasteiger partial charge >= 0.3 is 6.03 Å². The molecule has 3 heterocycles. The molecule has 0 saturated carbocycles. The summed E-state index contributed by atoms with van der Waals surface area (Å²) in [5, 5.41) is 5.03. The zero-order valence-corrected chi connectivity index (χ0v) is 14.5. The van der Waals surface area contributed by atoms with E-state index in [-0.39, 0.29) is 11.8 Å². The minimum Gasteiger partial charge on any atom is -0.338 e. The second-order valence-corrected chi connectivity index (χ2v) is 8.33. The molecule has 24 heavy (non-hydrogen) atoms. The van der Waals surface area contributed by atoms with Gasteiger partial charge in [0.25, 0.3) is 11.8 Å². The van der Waals surface area contributed by atoms with Gasteiger partial charge in [-0.2, -0.15) is 0 Å². The number of nitrogens with one attached hydrogen (secondary N) is 2. The number of likely N-dealkylation sites (tertiary alicyclic amines) is 1. The first-order valence-electron chi connectivity index (χ1n) is 8.51. The van der Waals surface area contributed by atoms with Crippen LogP contribution in [0.2, 0.25) is 0 Å². The van der Waals surface area contributed by atoms with Gasteiger partial charge in [0.15, 0.2) is 0 Å². The first-order valence-corrected chi connectivity index (χ1v) is 9.33. The van der Waals surface area contributed by atoms with Gasteiger partial charge in [-0.15, -0.1) is 11.3 Å². The summed E-state index contributed by atoms with van der Waals surface area (Å²) in [6.07, 6.45) is 4.28. The highest BCUT2D eigenvalue weighted by Crippen LogP contribution is 2.34. The number of nitrogens with zero attached hydrogens (tertiary/aromatic N) is 1. The average molecular weight is 347 g/mol. The highest BCUT2D eigenvalue weighted by molar-refractivity contribution is 7.14. The van der Waals surface area contributed by atoms with Crippen LogP contribution in [0, 0.1) is 5.92 Å². The summed E-state index contributed by atoms with van der Waals surface area (Å²) in [6.45, 7) is 3.24. The van der Waals surface area contributed by atoms with Crippen LogP contribution in [0.15, 0.2) is 6.07 Å². The molecule has 0 bridgehead atoms. The molecule has 0 aromatic carbocycles. The molecular formula is C17H21N3O3S. The number of urea groups is 1. The maximum absolute atomic E-state index is 12.8. The first-order chi connectivity index (χ1) is 11.5. The Balaban J connectivity index is 1.45. The van der Waals surface area contributed by atoms with Crippen LogP contribution in [0.3, 0.4) is 0 Å². The molecule has 1 aromatic rings. The molecule has 2 saturated heterocycles. The lowest BCUT2D eigenvalue weighted by Crippen LogP contribution is -2.55. The Morgan fingerprint density at radius 2 is 2.08 bits per heavy atom. The first kappa shape index (κ1) is 15.6. The third-order valence-corrected chi connectivity index (χ3v) is 6.68. The van der Waals surface area contributed by atoms with Crippen molar-refractivity contribution in [1.29, 1.82) is 0 Å². The third-order valence-electron chi connectivity index (χ3n) is 5.46. The predicted molar refractivity (Wildman–Crippen MR) is 90.1 cm³/mol. The van der Waals surface area contributed by atoms with E-state index in [1.54, 1.807) is 11.3 Å². The van der Waals surface area contributed by atoms with Crippen molar-refractivity contribution in [3.05, 3.63) is 21.4 Å². The number of carbonyl (C=O) groups excluding carboxylic acids is 3. The Morgan fingerprint density at radius 3 is 2.75 bits per heavy atom. The van der Waals surface area contributed by atoms with Crippen molar-refractivity contribution in [1.82, 2.24) is 15.5 Å². The molecule has 3 aliphatic rings. The number of amides is 4. The molecule has 1 aromatic heterocycles. The van der Waals surface area contributed by atoms with Gasteiger partial charge in [0, 0.05) is 18.0 Å². The smallest absolute Gasteiger partial charge is 0.322 e. The van der Waals surface area contributed by atoms with Crippen molar-refractivity contribution in [3.8, 4) is 0 Å². The number of fused-ring (bicyclic) bond motifs is 1. The highest BCUT2D eigenvalue weighted by Gasteiger charge is 2.48. The van der Waals surface area contributed by atoms with Gasteiger partial charge in [0.05, 0.1) is 4.88 Å². The van der Waals surface area contributed by atoms with Crippen LogP contribution in [0.25, 0.3) is 0 Å². The fourth-order valence-corrected chi connectivity index (χ4v) is 5.12. The Labute approximate surface area is 144 Å². The molecule has 2 N–H and O–H groups in total. The van der Waals surface area contributed by atoms with Crippen LogP contribution in [0.4, 0.5) is 4.79 Å². The maximum atomic E-state index is 12.8. The van der Waals surface area contributed by atoms with Crippen molar-refractivity contribution in [2.45, 2.75) is 44.6 Å². The fourth-order valence-electron chi connectivity index (χ4n) is 3.94. The Bertz CT molecular complexity index is 719. The van der Waals surface area contributed by atoms with Gasteiger partial charge in [-0.3, -0.25) is 14.9 Å². The number of hydrogen-bond donors (Lipinski definition) is 2. The molecule has 0 radical (unpaired) electrons. The van der Waals surface area contributed by atoms with Crippen LogP contribution in [0.1, 0.15) is 46.3 Å². The number of aryl methyl sites for hydroxylation is 1. The molecule has 0 unspecified atom stereocenters. The monoisotopic (exact) mass is 347 g/mol. The van der Waals surface area contributed by atoms with E-state index in [4.69, 9.17) is 0 Å². The second kappa shape index (κ2) is 5.58. The summed E-state index contributed by atoms with van der Waals surface area (Å²) in [6, 6.07) is 1.63. The number of thiophene rings is 1. The van der Waals surface area contributed by atoms with Crippen molar-refractivity contribution in [2.75, 3.05) is 13.1 Å². The van der Waals surface area contributed by atoms with Crippen LogP contribution in [0.5, 0.6) is 0 Å². The third kappa shape index (κ3) is 2.51. The zero-order chi connectivity index (χ0) is 16.9. The van der Waals surface area contributed by atoms with E-state index in [1.807, 2.05) is 4.90 Å². The van der Waals surface area contributed by atoms with Gasteiger partial charge in [0.1, 0.15) is 5.54 Å². The standard InChI is InChI=1S/C17H21N3O3S/c1-10-2-3-12-11(8-10)9-13(24-12)14(21)20-6-4-17(5-7-20)15(22)18-16(23)19-17/h9-10H,2-8H2,1H3,(H2,18,19,22,23)/t10-/m0/s1. The number of hydrogen-bond acceptors (Lipinski definition) is 4. The minimum atomic E-state index is -0.821. The summed E-state index contributed by atoms with van der Waals surface area (Å²) in [5.74, 6) is 0.483. The van der Waals surface area contributed by atoms with Gasteiger partial charge in [-0.05, 0) is 49.7 Å². The Morgan fingerprint density at radius 1 is 1.33 bits per heavy atom. The predicted octanol–water partition coefficient (Wildman–Crippen LogP) is 1.69. The van der Waals surface area contributed by atoms with Crippen LogP contribution in [-0.4, -0.2) is 41.4 Å². The lowest BCUT2D eigenvalue weighted by Gasteiger charge is -2.36. The summed E-state index contributed by atoms with van der Waals surface area (Å²) < 4.78 is 0. The van der Waals surface area contributed by atoms with Crippen molar-refractivity contribution >= 4 is 29.2 Å². The highest BCUT2D eigenvalue weighted by atomic mass is 32.1. The molecule has 2 aliphatic heterocycles. The number of carbonyl (C=O) groups is 3. The summed E-state index contributed by atoms with van der Waals surface area (Å²) in [5.41, 5.74) is 0.510. The molecule has 1 atom stereocenters. The quantitative estimate of drug-likeness (QED) is 0.759. The SMILES string of the molecule is C[C@H]1CCc2sc(C(=O)N3CCC4(CC3)NC(=O)NC4=O)cc2C1.